The summed E-state index contributed by atoms with van der Waals surface area (Å²) in [6.45, 7) is 1.90. The zero-order valence-corrected chi connectivity index (χ0v) is 12.6. The fraction of sp³-hybridized carbons (Fsp3) is 0.235. The van der Waals surface area contributed by atoms with E-state index in [0.717, 1.165) is 27.4 Å². The molecule has 0 aliphatic rings. The first-order chi connectivity index (χ1) is 10.1. The summed E-state index contributed by atoms with van der Waals surface area (Å²) in [4.78, 5) is 12.1. The van der Waals surface area contributed by atoms with E-state index < -0.39 is 0 Å². The van der Waals surface area contributed by atoms with Gasteiger partial charge in [0.25, 0.3) is 0 Å². The van der Waals surface area contributed by atoms with E-state index in [1.54, 1.807) is 7.11 Å². The van der Waals surface area contributed by atoms with Crippen LogP contribution in [0.1, 0.15) is 15.9 Å². The number of nitrogens with zero attached hydrogens (tertiary/aromatic N) is 1. The van der Waals surface area contributed by atoms with Crippen LogP contribution in [-0.4, -0.2) is 24.8 Å². The second-order valence-corrected chi connectivity index (χ2v) is 5.07. The lowest BCUT2D eigenvalue weighted by Crippen LogP contribution is -2.07. The Morgan fingerprint density at radius 2 is 1.86 bits per heavy atom. The maximum atomic E-state index is 12.1. The van der Waals surface area contributed by atoms with E-state index in [4.69, 9.17) is 9.47 Å². The number of hydrogen-bond donors (Lipinski definition) is 0. The van der Waals surface area contributed by atoms with Crippen molar-refractivity contribution in [3.05, 3.63) is 41.5 Å². The summed E-state index contributed by atoms with van der Waals surface area (Å²) in [6.07, 6.45) is 0. The molecule has 0 amide bonds. The third-order valence-corrected chi connectivity index (χ3v) is 3.94. The summed E-state index contributed by atoms with van der Waals surface area (Å²) in [6, 6.07) is 10.2. The molecule has 4 heteroatoms. The summed E-state index contributed by atoms with van der Waals surface area (Å²) in [5.41, 5.74) is 3.35. The van der Waals surface area contributed by atoms with E-state index in [1.165, 1.54) is 7.11 Å². The number of esters is 1. The van der Waals surface area contributed by atoms with Crippen molar-refractivity contribution in [2.24, 2.45) is 7.05 Å². The molecule has 0 saturated heterocycles. The quantitative estimate of drug-likeness (QED) is 0.676. The van der Waals surface area contributed by atoms with Crippen LogP contribution in [0.4, 0.5) is 0 Å². The first-order valence-corrected chi connectivity index (χ1v) is 6.73. The molecule has 0 N–H and O–H groups in total. The van der Waals surface area contributed by atoms with Crippen molar-refractivity contribution in [1.82, 2.24) is 4.57 Å². The van der Waals surface area contributed by atoms with E-state index in [9.17, 15) is 4.79 Å². The number of aromatic nitrogens is 1. The molecular formula is C17H17NO3. The van der Waals surface area contributed by atoms with Gasteiger partial charge < -0.3 is 14.0 Å². The van der Waals surface area contributed by atoms with Crippen molar-refractivity contribution in [2.75, 3.05) is 14.2 Å². The minimum Gasteiger partial charge on any atom is -0.494 e. The van der Waals surface area contributed by atoms with Crippen LogP contribution in [0.15, 0.2) is 30.3 Å². The van der Waals surface area contributed by atoms with Crippen molar-refractivity contribution in [3.8, 4) is 5.75 Å². The molecule has 0 aliphatic carbocycles. The van der Waals surface area contributed by atoms with E-state index in [-0.39, 0.29) is 5.97 Å². The first-order valence-electron chi connectivity index (χ1n) is 6.73. The Hall–Kier alpha value is -2.49. The normalized spacial score (nSPS) is 11.0. The van der Waals surface area contributed by atoms with Crippen LogP contribution in [0.3, 0.4) is 0 Å². The van der Waals surface area contributed by atoms with Gasteiger partial charge in [0.2, 0.25) is 0 Å². The molecule has 0 atom stereocenters. The fourth-order valence-corrected chi connectivity index (χ4v) is 2.98. The van der Waals surface area contributed by atoms with E-state index in [2.05, 4.69) is 16.7 Å². The number of hydrogen-bond acceptors (Lipinski definition) is 3. The molecule has 2 aromatic carbocycles. The van der Waals surface area contributed by atoms with Crippen molar-refractivity contribution in [3.63, 3.8) is 0 Å². The molecule has 0 fully saturated rings. The van der Waals surface area contributed by atoms with Crippen LogP contribution < -0.4 is 4.74 Å². The van der Waals surface area contributed by atoms with Gasteiger partial charge in [-0.15, -0.1) is 0 Å². The lowest BCUT2D eigenvalue weighted by Gasteiger charge is -2.12. The number of rotatable bonds is 2. The lowest BCUT2D eigenvalue weighted by atomic mass is 10.0. The minimum absolute atomic E-state index is 0.378. The first kappa shape index (κ1) is 13.5. The summed E-state index contributed by atoms with van der Waals surface area (Å²) in [7, 11) is 4.94. The Morgan fingerprint density at radius 1 is 1.14 bits per heavy atom. The number of benzene rings is 2. The van der Waals surface area contributed by atoms with Crippen LogP contribution in [-0.2, 0) is 11.8 Å². The van der Waals surface area contributed by atoms with Gasteiger partial charge in [-0.1, -0.05) is 18.2 Å². The van der Waals surface area contributed by atoms with Gasteiger partial charge in [-0.2, -0.15) is 0 Å². The second-order valence-electron chi connectivity index (χ2n) is 5.07. The average Bonchev–Trinajstić information content (AvgIpc) is 2.78. The smallest absolute Gasteiger partial charge is 0.342 e. The summed E-state index contributed by atoms with van der Waals surface area (Å²) >= 11 is 0. The predicted octanol–water partition coefficient (Wildman–Crippen LogP) is 3.44. The van der Waals surface area contributed by atoms with Gasteiger partial charge in [0.1, 0.15) is 5.56 Å². The number of carbonyl (C=O) groups is 1. The number of methoxy groups -OCH3 is 2. The SMILES string of the molecule is COC(=O)c1c(C)cc2c3ccccc3n(C)c2c1OC. The Kier molecular flexibility index (Phi) is 3.09. The largest absolute Gasteiger partial charge is 0.494 e. The highest BCUT2D eigenvalue weighted by atomic mass is 16.5. The molecule has 0 unspecified atom stereocenters. The zero-order chi connectivity index (χ0) is 15.1. The van der Waals surface area contributed by atoms with Gasteiger partial charge in [0.05, 0.1) is 19.7 Å². The van der Waals surface area contributed by atoms with Crippen molar-refractivity contribution in [2.45, 2.75) is 6.92 Å². The molecule has 3 rings (SSSR count). The Morgan fingerprint density at radius 3 is 2.52 bits per heavy atom. The van der Waals surface area contributed by atoms with Crippen LogP contribution in [0, 0.1) is 6.92 Å². The van der Waals surface area contributed by atoms with Gasteiger partial charge in [-0.3, -0.25) is 0 Å². The Balaban J connectivity index is 2.55. The monoisotopic (exact) mass is 283 g/mol. The number of fused-ring (bicyclic) bond motifs is 3. The van der Waals surface area contributed by atoms with E-state index in [0.29, 0.717) is 11.3 Å². The molecule has 21 heavy (non-hydrogen) atoms. The molecule has 0 saturated carbocycles. The van der Waals surface area contributed by atoms with E-state index >= 15 is 0 Å². The highest BCUT2D eigenvalue weighted by Gasteiger charge is 2.22. The van der Waals surface area contributed by atoms with Crippen LogP contribution in [0.5, 0.6) is 5.75 Å². The number of aryl methyl sites for hydroxylation is 2. The third kappa shape index (κ3) is 1.79. The third-order valence-electron chi connectivity index (χ3n) is 3.94. The zero-order valence-electron chi connectivity index (χ0n) is 12.6. The minimum atomic E-state index is -0.378. The van der Waals surface area contributed by atoms with Gasteiger partial charge in [0, 0.05) is 23.3 Å². The highest BCUT2D eigenvalue weighted by Crippen LogP contribution is 2.38. The Bertz CT molecular complexity index is 861. The number of carbonyl (C=O) groups excluding carboxylic acids is 1. The van der Waals surface area contributed by atoms with Crippen molar-refractivity contribution < 1.29 is 14.3 Å². The van der Waals surface area contributed by atoms with Gasteiger partial charge in [-0.25, -0.2) is 4.79 Å². The van der Waals surface area contributed by atoms with Crippen molar-refractivity contribution in [1.29, 1.82) is 0 Å². The maximum absolute atomic E-state index is 12.1. The highest BCUT2D eigenvalue weighted by molar-refractivity contribution is 6.13. The molecule has 4 nitrogen and oxygen atoms in total. The molecular weight excluding hydrogens is 266 g/mol. The maximum Gasteiger partial charge on any atom is 0.342 e. The van der Waals surface area contributed by atoms with Gasteiger partial charge >= 0.3 is 5.97 Å². The van der Waals surface area contributed by atoms with Gasteiger partial charge in [-0.05, 0) is 24.6 Å². The summed E-state index contributed by atoms with van der Waals surface area (Å²) in [5.74, 6) is 0.187. The fourth-order valence-electron chi connectivity index (χ4n) is 2.98. The second kappa shape index (κ2) is 4.81. The molecule has 0 aliphatic heterocycles. The summed E-state index contributed by atoms with van der Waals surface area (Å²) in [5, 5.41) is 2.22. The molecule has 108 valence electrons. The van der Waals surface area contributed by atoms with Crippen LogP contribution in [0.2, 0.25) is 0 Å². The molecule has 1 heterocycles. The van der Waals surface area contributed by atoms with Crippen molar-refractivity contribution >= 4 is 27.8 Å². The van der Waals surface area contributed by atoms with Crippen LogP contribution in [0.25, 0.3) is 21.8 Å². The molecule has 0 radical (unpaired) electrons. The van der Waals surface area contributed by atoms with Crippen LogP contribution >= 0.6 is 0 Å². The topological polar surface area (TPSA) is 40.5 Å². The number of ether oxygens (including phenoxy) is 2. The molecule has 0 bridgehead atoms. The lowest BCUT2D eigenvalue weighted by molar-refractivity contribution is 0.0596. The predicted molar refractivity (Wildman–Crippen MR) is 83.1 cm³/mol. The average molecular weight is 283 g/mol. The Labute approximate surface area is 122 Å². The van der Waals surface area contributed by atoms with Gasteiger partial charge in [0.15, 0.2) is 5.75 Å². The summed E-state index contributed by atoms with van der Waals surface area (Å²) < 4.78 is 12.5. The molecule has 1 aromatic heterocycles. The van der Waals surface area contributed by atoms with E-state index in [1.807, 2.05) is 32.2 Å². The number of para-hydroxylation sites is 1. The molecule has 0 spiro atoms. The standard InChI is InChI=1S/C17H17NO3/c1-10-9-12-11-7-5-6-8-13(11)18(2)15(12)16(20-3)14(10)17(19)21-4/h5-9H,1-4H3. The molecule has 3 aromatic rings.